The molecule has 3 aromatic carbocycles. The number of amides is 2. The third-order valence-corrected chi connectivity index (χ3v) is 10.1. The van der Waals surface area contributed by atoms with Gasteiger partial charge >= 0.3 is 5.97 Å². The maximum Gasteiger partial charge on any atom is 0.337 e. The smallest absolute Gasteiger partial charge is 0.337 e. The predicted octanol–water partition coefficient (Wildman–Crippen LogP) is 6.97. The van der Waals surface area contributed by atoms with Crippen LogP contribution in [0.4, 0.5) is 10.7 Å². The lowest BCUT2D eigenvalue weighted by Crippen LogP contribution is -2.34. The Hall–Kier alpha value is -4.31. The minimum atomic E-state index is -0.341. The molecular formula is C38H41N3O5S. The first-order valence-corrected chi connectivity index (χ1v) is 17.2. The molecule has 0 atom stereocenters. The molecule has 0 radical (unpaired) electrons. The predicted molar refractivity (Wildman–Crippen MR) is 186 cm³/mol. The molecule has 3 N–H and O–H groups in total. The number of ether oxygens (including phenoxy) is 2. The van der Waals surface area contributed by atoms with Gasteiger partial charge < -0.3 is 25.4 Å². The maximum atomic E-state index is 13.8. The maximum absolute atomic E-state index is 13.8. The zero-order valence-corrected chi connectivity index (χ0v) is 27.5. The lowest BCUT2D eigenvalue weighted by atomic mass is 9.95. The Morgan fingerprint density at radius 1 is 0.809 bits per heavy atom. The van der Waals surface area contributed by atoms with E-state index in [-0.39, 0.29) is 17.8 Å². The van der Waals surface area contributed by atoms with Crippen molar-refractivity contribution >= 4 is 39.8 Å². The lowest BCUT2D eigenvalue weighted by molar-refractivity contribution is 0.0600. The lowest BCUT2D eigenvalue weighted by Gasteiger charge is -2.23. The monoisotopic (exact) mass is 651 g/mol. The Labute approximate surface area is 279 Å². The number of fused-ring (bicyclic) bond motifs is 1. The number of benzene rings is 3. The van der Waals surface area contributed by atoms with E-state index in [4.69, 9.17) is 9.47 Å². The van der Waals surface area contributed by atoms with E-state index < -0.39 is 0 Å². The minimum absolute atomic E-state index is 0.201. The van der Waals surface area contributed by atoms with Gasteiger partial charge in [-0.1, -0.05) is 36.4 Å². The molecule has 1 saturated heterocycles. The first-order valence-electron chi connectivity index (χ1n) is 16.4. The standard InChI is InChI=1S/C38H41N3O5S/c1-45-38(44)28-15-11-25(12-16-28)9-10-26-13-17-31(18-14-26)40-36(43)34-32-7-2-3-8-33(32)47-37(34)41-35(42)29-6-4-5-27(23-29)24-39-30-19-21-46-22-20-30/h4-6,11-18,23,30,39H,2-3,7-10,19-22,24H2,1H3,(H,40,43)(H,41,42). The van der Waals surface area contributed by atoms with Crippen molar-refractivity contribution in [3.05, 3.63) is 117 Å². The van der Waals surface area contributed by atoms with Crippen LogP contribution >= 0.6 is 11.3 Å². The molecule has 0 spiro atoms. The van der Waals surface area contributed by atoms with Crippen molar-refractivity contribution in [1.29, 1.82) is 0 Å². The molecule has 2 amide bonds. The van der Waals surface area contributed by atoms with E-state index in [0.29, 0.717) is 40.0 Å². The van der Waals surface area contributed by atoms with E-state index >= 15 is 0 Å². The largest absolute Gasteiger partial charge is 0.465 e. The Morgan fingerprint density at radius 2 is 1.51 bits per heavy atom. The molecule has 0 saturated carbocycles. The number of esters is 1. The summed E-state index contributed by atoms with van der Waals surface area (Å²) in [5.74, 6) is -0.756. The SMILES string of the molecule is COC(=O)c1ccc(CCc2ccc(NC(=O)c3c(NC(=O)c4cccc(CNC5CCOCC5)c4)sc4c3CCCC4)cc2)cc1. The number of hydrogen-bond donors (Lipinski definition) is 3. The zero-order valence-electron chi connectivity index (χ0n) is 26.7. The Morgan fingerprint density at radius 3 is 2.23 bits per heavy atom. The average molecular weight is 652 g/mol. The summed E-state index contributed by atoms with van der Waals surface area (Å²) in [4.78, 5) is 40.1. The van der Waals surface area contributed by atoms with E-state index in [2.05, 4.69) is 16.0 Å². The van der Waals surface area contributed by atoms with Crippen LogP contribution in [-0.2, 0) is 41.7 Å². The van der Waals surface area contributed by atoms with Crippen LogP contribution in [0, 0.1) is 0 Å². The van der Waals surface area contributed by atoms with Crippen molar-refractivity contribution < 1.29 is 23.9 Å². The highest BCUT2D eigenvalue weighted by Crippen LogP contribution is 2.39. The van der Waals surface area contributed by atoms with Crippen molar-refractivity contribution in [1.82, 2.24) is 5.32 Å². The summed E-state index contributed by atoms with van der Waals surface area (Å²) in [6.07, 6.45) is 7.50. The van der Waals surface area contributed by atoms with E-state index in [1.54, 1.807) is 12.1 Å². The summed E-state index contributed by atoms with van der Waals surface area (Å²) in [5.41, 5.74) is 6.77. The summed E-state index contributed by atoms with van der Waals surface area (Å²) >= 11 is 1.53. The van der Waals surface area contributed by atoms with E-state index in [0.717, 1.165) is 86.8 Å². The Kier molecular flexibility index (Phi) is 10.8. The van der Waals surface area contributed by atoms with Crippen molar-refractivity contribution in [3.63, 3.8) is 0 Å². The topological polar surface area (TPSA) is 106 Å². The first kappa shape index (κ1) is 32.6. The second-order valence-corrected chi connectivity index (χ2v) is 13.3. The third-order valence-electron chi connectivity index (χ3n) is 8.92. The third kappa shape index (κ3) is 8.35. The number of rotatable bonds is 11. The molecule has 4 aromatic rings. The summed E-state index contributed by atoms with van der Waals surface area (Å²) < 4.78 is 10.2. The van der Waals surface area contributed by atoms with Crippen molar-refractivity contribution in [2.75, 3.05) is 31.0 Å². The molecule has 2 heterocycles. The quantitative estimate of drug-likeness (QED) is 0.151. The van der Waals surface area contributed by atoms with Crippen LogP contribution < -0.4 is 16.0 Å². The van der Waals surface area contributed by atoms with Gasteiger partial charge in [0, 0.05) is 41.9 Å². The zero-order chi connectivity index (χ0) is 32.6. The van der Waals surface area contributed by atoms with Crippen LogP contribution in [0.5, 0.6) is 0 Å². The van der Waals surface area contributed by atoms with E-state index in [1.807, 2.05) is 60.7 Å². The fraction of sp³-hybridized carbons (Fsp3) is 0.342. The molecule has 9 heteroatoms. The number of carbonyl (C=O) groups is 3. The van der Waals surface area contributed by atoms with Gasteiger partial charge in [0.2, 0.25) is 0 Å². The van der Waals surface area contributed by atoms with Gasteiger partial charge in [0.05, 0.1) is 18.2 Å². The van der Waals surface area contributed by atoms with Crippen molar-refractivity contribution in [2.45, 2.75) is 64.0 Å². The van der Waals surface area contributed by atoms with Crippen LogP contribution in [0.3, 0.4) is 0 Å². The fourth-order valence-electron chi connectivity index (χ4n) is 6.22. The van der Waals surface area contributed by atoms with Gasteiger partial charge in [0.25, 0.3) is 11.8 Å². The van der Waals surface area contributed by atoms with E-state index in [9.17, 15) is 14.4 Å². The van der Waals surface area contributed by atoms with Crippen molar-refractivity contribution in [2.24, 2.45) is 0 Å². The van der Waals surface area contributed by atoms with Gasteiger partial charge in [-0.2, -0.15) is 0 Å². The summed E-state index contributed by atoms with van der Waals surface area (Å²) in [6, 6.07) is 23.4. The molecule has 6 rings (SSSR count). The van der Waals surface area contributed by atoms with Crippen LogP contribution in [0.2, 0.25) is 0 Å². The van der Waals surface area contributed by atoms with Gasteiger partial charge in [-0.15, -0.1) is 11.3 Å². The normalized spacial score (nSPS) is 14.7. The number of hydrogen-bond acceptors (Lipinski definition) is 7. The second kappa shape index (κ2) is 15.5. The van der Waals surface area contributed by atoms with Gasteiger partial charge in [-0.05, 0) is 110 Å². The van der Waals surface area contributed by atoms with Crippen LogP contribution in [-0.4, -0.2) is 44.1 Å². The molecule has 8 nitrogen and oxygen atoms in total. The fourth-order valence-corrected chi connectivity index (χ4v) is 7.50. The number of methoxy groups -OCH3 is 1. The number of nitrogens with one attached hydrogen (secondary N) is 3. The van der Waals surface area contributed by atoms with Crippen LogP contribution in [0.15, 0.2) is 72.8 Å². The summed E-state index contributed by atoms with van der Waals surface area (Å²) in [6.45, 7) is 2.25. The molecule has 244 valence electrons. The highest BCUT2D eigenvalue weighted by Gasteiger charge is 2.27. The van der Waals surface area contributed by atoms with Crippen LogP contribution in [0.25, 0.3) is 0 Å². The molecule has 1 fully saturated rings. The highest BCUT2D eigenvalue weighted by atomic mass is 32.1. The van der Waals surface area contributed by atoms with Gasteiger partial charge in [-0.25, -0.2) is 4.79 Å². The number of anilines is 2. The average Bonchev–Trinajstić information content (AvgIpc) is 3.48. The summed E-state index contributed by atoms with van der Waals surface area (Å²) in [7, 11) is 1.38. The number of aryl methyl sites for hydroxylation is 3. The second-order valence-electron chi connectivity index (χ2n) is 12.2. The molecule has 0 bridgehead atoms. The molecule has 1 aliphatic carbocycles. The van der Waals surface area contributed by atoms with E-state index in [1.165, 1.54) is 23.3 Å². The van der Waals surface area contributed by atoms with Crippen LogP contribution in [0.1, 0.15) is 83.9 Å². The van der Waals surface area contributed by atoms with Gasteiger partial charge in [0.1, 0.15) is 5.00 Å². The number of thiophene rings is 1. The van der Waals surface area contributed by atoms with Gasteiger partial charge in [-0.3, -0.25) is 9.59 Å². The number of carbonyl (C=O) groups excluding carboxylic acids is 3. The molecule has 1 aliphatic heterocycles. The van der Waals surface area contributed by atoms with Crippen molar-refractivity contribution in [3.8, 4) is 0 Å². The Balaban J connectivity index is 1.10. The summed E-state index contributed by atoms with van der Waals surface area (Å²) in [5, 5.41) is 10.4. The Bertz CT molecular complexity index is 1710. The first-order chi connectivity index (χ1) is 23.0. The molecular weight excluding hydrogens is 611 g/mol. The molecule has 0 unspecified atom stereocenters. The highest BCUT2D eigenvalue weighted by molar-refractivity contribution is 7.17. The minimum Gasteiger partial charge on any atom is -0.465 e. The molecule has 2 aliphatic rings. The molecule has 1 aromatic heterocycles. The molecule has 47 heavy (non-hydrogen) atoms. The van der Waals surface area contributed by atoms with Gasteiger partial charge in [0.15, 0.2) is 0 Å².